The molecule has 0 heterocycles. The molecule has 2 amide bonds. The second kappa shape index (κ2) is 10.6. The van der Waals surface area contributed by atoms with Crippen molar-refractivity contribution in [1.29, 1.82) is 0 Å². The number of hydrogen-bond acceptors (Lipinski definition) is 4. The molecule has 0 fully saturated rings. The second-order valence-corrected chi connectivity index (χ2v) is 9.55. The van der Waals surface area contributed by atoms with Gasteiger partial charge in [0.15, 0.2) is 0 Å². The summed E-state index contributed by atoms with van der Waals surface area (Å²) in [6, 6.07) is 13.2. The van der Waals surface area contributed by atoms with Gasteiger partial charge in [-0.3, -0.25) is 13.9 Å². The van der Waals surface area contributed by atoms with Crippen molar-refractivity contribution in [3.8, 4) is 0 Å². The molecule has 9 heteroatoms. The number of aryl methyl sites for hydroxylation is 1. The molecule has 1 N–H and O–H groups in total. The van der Waals surface area contributed by atoms with Crippen LogP contribution < -0.4 is 9.62 Å². The van der Waals surface area contributed by atoms with Gasteiger partial charge in [0.05, 0.1) is 17.0 Å². The number of carbonyl (C=O) groups excluding carboxylic acids is 2. The van der Waals surface area contributed by atoms with Gasteiger partial charge in [-0.1, -0.05) is 48.0 Å². The predicted octanol–water partition coefficient (Wildman–Crippen LogP) is 2.97. The topological polar surface area (TPSA) is 86.8 Å². The number of nitrogens with zero attached hydrogens (tertiary/aromatic N) is 2. The molecule has 0 aliphatic carbocycles. The molecule has 0 radical (unpaired) electrons. The van der Waals surface area contributed by atoms with Gasteiger partial charge in [0.2, 0.25) is 21.8 Å². The van der Waals surface area contributed by atoms with Crippen molar-refractivity contribution in [1.82, 2.24) is 10.2 Å². The molecule has 0 aliphatic heterocycles. The molecule has 168 valence electrons. The monoisotopic (exact) mass is 465 g/mol. The molecule has 0 aromatic heterocycles. The zero-order valence-corrected chi connectivity index (χ0v) is 19.7. The van der Waals surface area contributed by atoms with E-state index in [2.05, 4.69) is 5.32 Å². The van der Waals surface area contributed by atoms with E-state index in [1.54, 1.807) is 32.0 Å². The maximum absolute atomic E-state index is 13.3. The standard InChI is InChI=1S/C22H28ClN3O4S/c1-5-24-22(28)17(3)25(14-18-11-7-6-10-16(18)2)21(27)15-26(31(4,29)30)20-13-9-8-12-19(20)23/h6-13,17H,5,14-15H2,1-4H3,(H,24,28)/t17-/m1/s1. The molecule has 2 aromatic rings. The highest BCUT2D eigenvalue weighted by Crippen LogP contribution is 2.27. The number of carbonyl (C=O) groups is 2. The molecule has 1 atom stereocenters. The number of rotatable bonds is 9. The Labute approximate surface area is 189 Å². The molecule has 0 saturated carbocycles. The van der Waals surface area contributed by atoms with Crippen LogP contribution in [0.1, 0.15) is 25.0 Å². The van der Waals surface area contributed by atoms with Gasteiger partial charge in [0.1, 0.15) is 12.6 Å². The normalized spacial score (nSPS) is 12.2. The van der Waals surface area contributed by atoms with Gasteiger partial charge in [0, 0.05) is 13.1 Å². The minimum Gasteiger partial charge on any atom is -0.355 e. The number of hydrogen-bond donors (Lipinski definition) is 1. The van der Waals surface area contributed by atoms with Crippen molar-refractivity contribution in [2.75, 3.05) is 23.7 Å². The highest BCUT2D eigenvalue weighted by atomic mass is 35.5. The first kappa shape index (κ1) is 24.7. The van der Waals surface area contributed by atoms with E-state index in [9.17, 15) is 18.0 Å². The van der Waals surface area contributed by atoms with Gasteiger partial charge in [-0.25, -0.2) is 8.42 Å². The molecule has 0 aliphatic rings. The number of amides is 2. The first-order valence-corrected chi connectivity index (χ1v) is 12.1. The summed E-state index contributed by atoms with van der Waals surface area (Å²) in [5.41, 5.74) is 2.05. The fourth-order valence-electron chi connectivity index (χ4n) is 3.12. The Hall–Kier alpha value is -2.58. The first-order valence-electron chi connectivity index (χ1n) is 9.90. The SMILES string of the molecule is CCNC(=O)[C@@H](C)N(Cc1ccccc1C)C(=O)CN(c1ccccc1Cl)S(C)(=O)=O. The maximum Gasteiger partial charge on any atom is 0.244 e. The van der Waals surface area contributed by atoms with Crippen LogP contribution in [0.2, 0.25) is 5.02 Å². The molecule has 7 nitrogen and oxygen atoms in total. The Morgan fingerprint density at radius 2 is 1.71 bits per heavy atom. The van der Waals surface area contributed by atoms with Crippen LogP contribution in [0.5, 0.6) is 0 Å². The molecular weight excluding hydrogens is 438 g/mol. The summed E-state index contributed by atoms with van der Waals surface area (Å²) in [7, 11) is -3.81. The third-order valence-electron chi connectivity index (χ3n) is 4.92. The summed E-state index contributed by atoms with van der Waals surface area (Å²) in [5, 5.41) is 2.93. The lowest BCUT2D eigenvalue weighted by Crippen LogP contribution is -2.51. The van der Waals surface area contributed by atoms with Crippen molar-refractivity contribution in [3.63, 3.8) is 0 Å². The Bertz CT molecular complexity index is 1040. The lowest BCUT2D eigenvalue weighted by molar-refractivity contribution is -0.139. The molecule has 0 bridgehead atoms. The molecular formula is C22H28ClN3O4S. The Morgan fingerprint density at radius 1 is 1.10 bits per heavy atom. The number of nitrogens with one attached hydrogen (secondary N) is 1. The van der Waals surface area contributed by atoms with Crippen LogP contribution in [0.25, 0.3) is 0 Å². The third kappa shape index (κ3) is 6.45. The van der Waals surface area contributed by atoms with Crippen molar-refractivity contribution in [2.45, 2.75) is 33.4 Å². The first-order chi connectivity index (χ1) is 14.6. The zero-order chi connectivity index (χ0) is 23.2. The van der Waals surface area contributed by atoms with E-state index in [1.165, 1.54) is 11.0 Å². The number of para-hydroxylation sites is 1. The van der Waals surface area contributed by atoms with Gasteiger partial charge in [-0.15, -0.1) is 0 Å². The maximum atomic E-state index is 13.3. The number of sulfonamides is 1. The van der Waals surface area contributed by atoms with Crippen LogP contribution in [0, 0.1) is 6.92 Å². The minimum absolute atomic E-state index is 0.171. The largest absolute Gasteiger partial charge is 0.355 e. The lowest BCUT2D eigenvalue weighted by atomic mass is 10.1. The third-order valence-corrected chi connectivity index (χ3v) is 6.37. The molecule has 0 spiro atoms. The molecule has 31 heavy (non-hydrogen) atoms. The molecule has 0 unspecified atom stereocenters. The van der Waals surface area contributed by atoms with Crippen LogP contribution in [-0.4, -0.2) is 50.5 Å². The highest BCUT2D eigenvalue weighted by Gasteiger charge is 2.30. The Morgan fingerprint density at radius 3 is 2.29 bits per heavy atom. The van der Waals surface area contributed by atoms with Gasteiger partial charge in [-0.05, 0) is 44.0 Å². The van der Waals surface area contributed by atoms with E-state index in [-0.39, 0.29) is 23.2 Å². The number of halogens is 1. The van der Waals surface area contributed by atoms with Crippen LogP contribution in [-0.2, 0) is 26.2 Å². The van der Waals surface area contributed by atoms with E-state index < -0.39 is 28.5 Å². The fraction of sp³-hybridized carbons (Fsp3) is 0.364. The summed E-state index contributed by atoms with van der Waals surface area (Å²) in [6.07, 6.45) is 1.02. The number of anilines is 1. The quantitative estimate of drug-likeness (QED) is 0.616. The Kier molecular flexibility index (Phi) is 8.47. The molecule has 2 aromatic carbocycles. The summed E-state index contributed by atoms with van der Waals surface area (Å²) in [5.74, 6) is -0.819. The fourth-order valence-corrected chi connectivity index (χ4v) is 4.27. The Balaban J connectivity index is 2.41. The van der Waals surface area contributed by atoms with E-state index in [0.717, 1.165) is 21.7 Å². The van der Waals surface area contributed by atoms with Crippen molar-refractivity contribution in [2.24, 2.45) is 0 Å². The van der Waals surface area contributed by atoms with Gasteiger partial charge in [0.25, 0.3) is 0 Å². The smallest absolute Gasteiger partial charge is 0.244 e. The summed E-state index contributed by atoms with van der Waals surface area (Å²) in [4.78, 5) is 27.3. The van der Waals surface area contributed by atoms with Crippen LogP contribution in [0.15, 0.2) is 48.5 Å². The zero-order valence-electron chi connectivity index (χ0n) is 18.1. The van der Waals surface area contributed by atoms with Gasteiger partial charge in [-0.2, -0.15) is 0 Å². The molecule has 0 saturated heterocycles. The lowest BCUT2D eigenvalue weighted by Gasteiger charge is -2.32. The second-order valence-electron chi connectivity index (χ2n) is 7.24. The van der Waals surface area contributed by atoms with Crippen molar-refractivity contribution < 1.29 is 18.0 Å². The van der Waals surface area contributed by atoms with E-state index in [0.29, 0.717) is 6.54 Å². The molecule has 2 rings (SSSR count). The van der Waals surface area contributed by atoms with Crippen LogP contribution in [0.3, 0.4) is 0 Å². The van der Waals surface area contributed by atoms with E-state index >= 15 is 0 Å². The van der Waals surface area contributed by atoms with Crippen molar-refractivity contribution >= 4 is 39.1 Å². The summed E-state index contributed by atoms with van der Waals surface area (Å²) in [6.45, 7) is 5.45. The summed E-state index contributed by atoms with van der Waals surface area (Å²) >= 11 is 6.20. The van der Waals surface area contributed by atoms with Crippen LogP contribution >= 0.6 is 11.6 Å². The van der Waals surface area contributed by atoms with Gasteiger partial charge < -0.3 is 10.2 Å². The van der Waals surface area contributed by atoms with E-state index in [1.807, 2.05) is 31.2 Å². The highest BCUT2D eigenvalue weighted by molar-refractivity contribution is 7.92. The predicted molar refractivity (Wildman–Crippen MR) is 124 cm³/mol. The van der Waals surface area contributed by atoms with E-state index in [4.69, 9.17) is 11.6 Å². The summed E-state index contributed by atoms with van der Waals surface area (Å²) < 4.78 is 25.9. The van der Waals surface area contributed by atoms with Crippen LogP contribution in [0.4, 0.5) is 5.69 Å². The average Bonchev–Trinajstić information content (AvgIpc) is 2.71. The van der Waals surface area contributed by atoms with Crippen molar-refractivity contribution in [3.05, 3.63) is 64.7 Å². The number of benzene rings is 2. The van der Waals surface area contributed by atoms with Gasteiger partial charge >= 0.3 is 0 Å². The number of likely N-dealkylation sites (N-methyl/N-ethyl adjacent to an activating group) is 1. The average molecular weight is 466 g/mol. The minimum atomic E-state index is -3.81.